The third-order valence-electron chi connectivity index (χ3n) is 3.56. The van der Waals surface area contributed by atoms with Crippen LogP contribution in [-0.2, 0) is 4.74 Å². The number of rotatable bonds is 10. The Hall–Kier alpha value is -0.153. The summed E-state index contributed by atoms with van der Waals surface area (Å²) in [4.78, 5) is 0. The van der Waals surface area contributed by atoms with Crippen molar-refractivity contribution < 1.29 is 61.8 Å². The minimum absolute atomic E-state index is 0.675. The Morgan fingerprint density at radius 2 is 1.14 bits per heavy atom. The smallest absolute Gasteiger partial charge is 0.313 e. The van der Waals surface area contributed by atoms with E-state index in [2.05, 4.69) is 4.74 Å². The molecule has 0 N–H and O–H groups in total. The van der Waals surface area contributed by atoms with E-state index in [-0.39, 0.29) is 0 Å². The van der Waals surface area contributed by atoms with Gasteiger partial charge in [-0.1, -0.05) is 6.92 Å². The van der Waals surface area contributed by atoms with Gasteiger partial charge in [-0.05, 0) is 13.0 Å². The molecule has 29 heavy (non-hydrogen) atoms. The number of alkyl halides is 13. The van der Waals surface area contributed by atoms with E-state index in [0.717, 1.165) is 13.5 Å². The van der Waals surface area contributed by atoms with Gasteiger partial charge in [0.05, 0.1) is 5.73 Å². The minimum Gasteiger partial charge on any atom is -0.313 e. The lowest BCUT2D eigenvalue weighted by molar-refractivity contribution is -0.448. The molecule has 0 aliphatic heterocycles. The molecule has 176 valence electrons. The average Bonchev–Trinajstić information content (AvgIpc) is 2.48. The van der Waals surface area contributed by atoms with Gasteiger partial charge in [-0.3, -0.25) is 0 Å². The fourth-order valence-electron chi connectivity index (χ4n) is 1.86. The van der Waals surface area contributed by atoms with Crippen molar-refractivity contribution in [2.45, 2.75) is 74.4 Å². The lowest BCUT2D eigenvalue weighted by Gasteiger charge is -2.40. The van der Waals surface area contributed by atoms with E-state index in [0.29, 0.717) is 0 Å². The molecule has 0 radical (unpaired) electrons. The molecule has 0 spiro atoms. The largest absolute Gasteiger partial charge is 0.426 e. The van der Waals surface area contributed by atoms with Crippen LogP contribution in [0.2, 0.25) is 6.55 Å². The van der Waals surface area contributed by atoms with Gasteiger partial charge in [0.15, 0.2) is 0 Å². The molecule has 0 saturated heterocycles. The van der Waals surface area contributed by atoms with E-state index < -0.39 is 67.7 Å². The Labute approximate surface area is 165 Å². The molecule has 0 aromatic rings. The van der Waals surface area contributed by atoms with Crippen LogP contribution in [0.3, 0.4) is 0 Å². The molecule has 0 bridgehead atoms. The van der Waals surface area contributed by atoms with E-state index >= 15 is 0 Å². The van der Waals surface area contributed by atoms with E-state index in [1.165, 1.54) is 0 Å². The second-order valence-corrected chi connectivity index (χ2v) is 13.9. The Bertz CT molecular complexity index is 559. The zero-order valence-corrected chi connectivity index (χ0v) is 16.8. The van der Waals surface area contributed by atoms with Crippen LogP contribution in [0.15, 0.2) is 0 Å². The summed E-state index contributed by atoms with van der Waals surface area (Å²) < 4.78 is 174. The third-order valence-corrected chi connectivity index (χ3v) is 6.68. The second kappa shape index (κ2) is 8.41. The van der Waals surface area contributed by atoms with Crippen LogP contribution in [0, 0.1) is 0 Å². The standard InChI is InChI=1S/C12H13Cl2F13OSi/c1-3-6(29(2,13)14)28-12(26,27)11(24,25)10(22,23)9(20,21)7(15,16)4-5-8(17,18)19/h6H,3-5H2,1-2H3. The summed E-state index contributed by atoms with van der Waals surface area (Å²) in [5.41, 5.74) is -2.22. The molecule has 0 aromatic heterocycles. The summed E-state index contributed by atoms with van der Waals surface area (Å²) in [7, 11) is 0. The molecular weight excluding hydrogens is 506 g/mol. The first-order valence-corrected chi connectivity index (χ1v) is 12.0. The minimum atomic E-state index is -7.53. The summed E-state index contributed by atoms with van der Waals surface area (Å²) in [6, 6.07) is 0. The molecule has 17 heteroatoms. The van der Waals surface area contributed by atoms with Crippen LogP contribution in [0.4, 0.5) is 57.1 Å². The Balaban J connectivity index is 6.03. The second-order valence-electron chi connectivity index (χ2n) is 6.03. The molecule has 0 aliphatic carbocycles. The van der Waals surface area contributed by atoms with Crippen LogP contribution in [-0.4, -0.2) is 48.4 Å². The van der Waals surface area contributed by atoms with Crippen LogP contribution in [0.25, 0.3) is 0 Å². The third kappa shape index (κ3) is 5.96. The normalized spacial score (nSPS) is 16.9. The zero-order chi connectivity index (χ0) is 23.9. The molecule has 1 unspecified atom stereocenters. The number of hydrogen-bond donors (Lipinski definition) is 0. The van der Waals surface area contributed by atoms with Crippen molar-refractivity contribution in [3.8, 4) is 0 Å². The molecule has 0 rings (SSSR count). The summed E-state index contributed by atoms with van der Waals surface area (Å²) in [6.07, 6.45) is -18.5. The molecule has 0 fully saturated rings. The highest BCUT2D eigenvalue weighted by atomic mass is 35.7. The highest BCUT2D eigenvalue weighted by Gasteiger charge is 2.87. The average molecular weight is 519 g/mol. The molecule has 1 nitrogen and oxygen atoms in total. The quantitative estimate of drug-likeness (QED) is 0.167. The lowest BCUT2D eigenvalue weighted by Crippen LogP contribution is -2.68. The topological polar surface area (TPSA) is 9.23 Å². The highest BCUT2D eigenvalue weighted by Crippen LogP contribution is 2.58. The molecule has 1 atom stereocenters. The maximum absolute atomic E-state index is 13.7. The lowest BCUT2D eigenvalue weighted by atomic mass is 9.95. The van der Waals surface area contributed by atoms with E-state index in [9.17, 15) is 57.1 Å². The summed E-state index contributed by atoms with van der Waals surface area (Å²) in [5.74, 6) is -28.6. The van der Waals surface area contributed by atoms with Crippen LogP contribution in [0.1, 0.15) is 26.2 Å². The Morgan fingerprint density at radius 1 is 0.724 bits per heavy atom. The van der Waals surface area contributed by atoms with Crippen molar-refractivity contribution in [2.75, 3.05) is 0 Å². The van der Waals surface area contributed by atoms with Crippen molar-refractivity contribution >= 4 is 28.9 Å². The molecule has 0 aliphatic rings. The fraction of sp³-hybridized carbons (Fsp3) is 1.00. The first-order valence-electron chi connectivity index (χ1n) is 7.39. The summed E-state index contributed by atoms with van der Waals surface area (Å²) >= 11 is 10.9. The predicted molar refractivity (Wildman–Crippen MR) is 78.5 cm³/mol. The fourth-order valence-corrected chi connectivity index (χ4v) is 4.13. The maximum Gasteiger partial charge on any atom is 0.426 e. The van der Waals surface area contributed by atoms with E-state index in [1.54, 1.807) is 0 Å². The molecule has 0 aromatic carbocycles. The van der Waals surface area contributed by atoms with Crippen molar-refractivity contribution in [1.29, 1.82) is 0 Å². The van der Waals surface area contributed by atoms with Gasteiger partial charge in [0.2, 0.25) is 0 Å². The number of halogens is 15. The van der Waals surface area contributed by atoms with Crippen LogP contribution >= 0.6 is 22.2 Å². The highest BCUT2D eigenvalue weighted by molar-refractivity contribution is 7.45. The Kier molecular flexibility index (Phi) is 8.37. The van der Waals surface area contributed by atoms with Gasteiger partial charge in [0, 0.05) is 12.8 Å². The van der Waals surface area contributed by atoms with E-state index in [1.807, 2.05) is 0 Å². The zero-order valence-electron chi connectivity index (χ0n) is 14.3. The number of hydrogen-bond acceptors (Lipinski definition) is 1. The van der Waals surface area contributed by atoms with Gasteiger partial charge in [-0.15, -0.1) is 22.2 Å². The maximum atomic E-state index is 13.7. The van der Waals surface area contributed by atoms with Gasteiger partial charge in [-0.2, -0.15) is 57.1 Å². The van der Waals surface area contributed by atoms with Crippen LogP contribution in [0.5, 0.6) is 0 Å². The van der Waals surface area contributed by atoms with Gasteiger partial charge in [-0.25, -0.2) is 0 Å². The number of ether oxygens (including phenoxy) is 1. The van der Waals surface area contributed by atoms with Gasteiger partial charge >= 0.3 is 36.0 Å². The summed E-state index contributed by atoms with van der Waals surface area (Å²) in [5, 5.41) is 0. The SMILES string of the molecule is CCC(OC(F)(F)C(F)(F)C(F)(F)C(F)(F)C(F)(F)CCC(F)(F)F)[Si](C)(Cl)Cl. The summed E-state index contributed by atoms with van der Waals surface area (Å²) in [6.45, 7) is -2.14. The van der Waals surface area contributed by atoms with Crippen molar-refractivity contribution in [3.63, 3.8) is 0 Å². The van der Waals surface area contributed by atoms with Crippen molar-refractivity contribution in [3.05, 3.63) is 0 Å². The molecule has 0 saturated carbocycles. The van der Waals surface area contributed by atoms with Gasteiger partial charge in [0.25, 0.3) is 6.69 Å². The van der Waals surface area contributed by atoms with E-state index in [4.69, 9.17) is 22.2 Å². The van der Waals surface area contributed by atoms with Gasteiger partial charge < -0.3 is 4.74 Å². The monoisotopic (exact) mass is 518 g/mol. The van der Waals surface area contributed by atoms with Crippen molar-refractivity contribution in [2.24, 2.45) is 0 Å². The van der Waals surface area contributed by atoms with Crippen LogP contribution < -0.4 is 0 Å². The molecule has 0 heterocycles. The first-order chi connectivity index (χ1) is 12.4. The van der Waals surface area contributed by atoms with Gasteiger partial charge in [0.1, 0.15) is 0 Å². The first kappa shape index (κ1) is 28.8. The van der Waals surface area contributed by atoms with Crippen molar-refractivity contribution in [1.82, 2.24) is 0 Å². The molecule has 0 amide bonds. The predicted octanol–water partition coefficient (Wildman–Crippen LogP) is 7.35. The molecular formula is C12H13Cl2F13OSi. The Morgan fingerprint density at radius 3 is 1.45 bits per heavy atom.